The summed E-state index contributed by atoms with van der Waals surface area (Å²) in [5.41, 5.74) is 5.60. The van der Waals surface area contributed by atoms with Gasteiger partial charge in [0, 0.05) is 30.2 Å². The van der Waals surface area contributed by atoms with Crippen LogP contribution < -0.4 is 16.1 Å². The summed E-state index contributed by atoms with van der Waals surface area (Å²) in [5.74, 6) is -3.36. The van der Waals surface area contributed by atoms with Crippen LogP contribution in [0.15, 0.2) is 59.6 Å². The number of hydrogen-bond acceptors (Lipinski definition) is 9. The maximum atomic E-state index is 14.2. The number of thiol groups is 1. The van der Waals surface area contributed by atoms with Crippen LogP contribution in [0.5, 0.6) is 0 Å². The highest BCUT2D eigenvalue weighted by atomic mass is 32.2. The van der Waals surface area contributed by atoms with Gasteiger partial charge in [0.1, 0.15) is 0 Å². The summed E-state index contributed by atoms with van der Waals surface area (Å²) >= 11 is 5.51. The molecule has 2 amide bonds. The van der Waals surface area contributed by atoms with Gasteiger partial charge in [-0.15, -0.1) is 0 Å². The number of fused-ring (bicyclic) bond motifs is 1. The second-order valence-corrected chi connectivity index (χ2v) is 9.94. The highest BCUT2D eigenvalue weighted by Gasteiger charge is 2.52. The van der Waals surface area contributed by atoms with E-state index >= 15 is 0 Å². The quantitative estimate of drug-likeness (QED) is 0.185. The Labute approximate surface area is 231 Å². The Morgan fingerprint density at radius 2 is 1.84 bits per heavy atom. The molecule has 0 spiro atoms. The predicted molar refractivity (Wildman–Crippen MR) is 152 cm³/mol. The number of carbonyl (C=O) groups is 4. The number of amides is 2. The molecule has 0 fully saturated rings. The molecule has 10 nitrogen and oxygen atoms in total. The molecule has 1 aliphatic heterocycles. The van der Waals surface area contributed by atoms with Crippen LogP contribution in [0.25, 0.3) is 0 Å². The first kappa shape index (κ1) is 29.4. The van der Waals surface area contributed by atoms with Gasteiger partial charge in [0.15, 0.2) is 11.8 Å². The van der Waals surface area contributed by atoms with Gasteiger partial charge in [0.05, 0.1) is 17.4 Å². The van der Waals surface area contributed by atoms with Gasteiger partial charge >= 0.3 is 5.97 Å². The molecular formula is C26H31N5O5S2. The van der Waals surface area contributed by atoms with E-state index in [-0.39, 0.29) is 17.9 Å². The number of likely N-dealkylation sites (N-methyl/N-ethyl adjacent to an activating group) is 1. The van der Waals surface area contributed by atoms with Crippen molar-refractivity contribution in [3.05, 3.63) is 65.7 Å². The lowest BCUT2D eigenvalue weighted by molar-refractivity contribution is -0.164. The molecule has 2 unspecified atom stereocenters. The summed E-state index contributed by atoms with van der Waals surface area (Å²) in [6, 6.07) is 12.9. The fourth-order valence-electron chi connectivity index (χ4n) is 4.33. The summed E-state index contributed by atoms with van der Waals surface area (Å²) in [5, 5.41) is 15.0. The van der Waals surface area contributed by atoms with Crippen LogP contribution in [0.2, 0.25) is 0 Å². The Kier molecular flexibility index (Phi) is 9.71. The number of carboxylic acids is 1. The average Bonchev–Trinajstić information content (AvgIpc) is 3.04. The van der Waals surface area contributed by atoms with Gasteiger partial charge in [-0.25, -0.2) is 14.8 Å². The number of anilines is 1. The molecule has 0 aliphatic carbocycles. The fourth-order valence-corrected chi connectivity index (χ4v) is 5.01. The monoisotopic (exact) mass is 557 g/mol. The second-order valence-electron chi connectivity index (χ2n) is 8.59. The summed E-state index contributed by atoms with van der Waals surface area (Å²) in [6.07, 6.45) is 1.77. The topological polar surface area (TPSA) is 145 Å². The van der Waals surface area contributed by atoms with Gasteiger partial charge in [0.25, 0.3) is 5.91 Å². The molecule has 3 rings (SSSR count). The third-order valence-electron chi connectivity index (χ3n) is 6.26. The summed E-state index contributed by atoms with van der Waals surface area (Å²) in [6.45, 7) is 1.17. The Bertz CT molecular complexity index is 1240. The Morgan fingerprint density at radius 3 is 2.39 bits per heavy atom. The van der Waals surface area contributed by atoms with Gasteiger partial charge in [-0.05, 0) is 25.1 Å². The van der Waals surface area contributed by atoms with Crippen molar-refractivity contribution in [3.63, 3.8) is 0 Å². The number of aliphatic imine (C=N–C) groups is 1. The zero-order valence-electron chi connectivity index (χ0n) is 21.3. The molecule has 12 heteroatoms. The molecule has 0 bridgehead atoms. The van der Waals surface area contributed by atoms with Gasteiger partial charge in [-0.2, -0.15) is 24.4 Å². The highest BCUT2D eigenvalue weighted by molar-refractivity contribution is 7.98. The maximum Gasteiger partial charge on any atom is 0.346 e. The molecule has 1 aliphatic rings. The van der Waals surface area contributed by atoms with E-state index in [1.54, 1.807) is 54.8 Å². The third-order valence-corrected chi connectivity index (χ3v) is 7.27. The molecule has 1 heterocycles. The number of nitrogens with zero attached hydrogens (tertiary/aromatic N) is 3. The lowest BCUT2D eigenvalue weighted by Gasteiger charge is -2.45. The molecule has 38 heavy (non-hydrogen) atoms. The fraction of sp³-hybridized carbons (Fsp3) is 0.346. The van der Waals surface area contributed by atoms with E-state index in [1.165, 1.54) is 25.7 Å². The first-order valence-electron chi connectivity index (χ1n) is 11.8. The number of aliphatic carboxylic acids is 1. The molecule has 202 valence electrons. The molecule has 0 aromatic heterocycles. The number of nitrogens with one attached hydrogen (secondary N) is 1. The van der Waals surface area contributed by atoms with Crippen molar-refractivity contribution in [1.29, 1.82) is 0 Å². The van der Waals surface area contributed by atoms with Crippen LogP contribution in [0.3, 0.4) is 0 Å². The smallest absolute Gasteiger partial charge is 0.346 e. The highest BCUT2D eigenvalue weighted by Crippen LogP contribution is 2.34. The molecule has 0 saturated carbocycles. The molecule has 2 aromatic rings. The molecule has 2 aromatic carbocycles. The molecular weight excluding hydrogens is 526 g/mol. The number of benzodiazepines with no additional fused rings is 1. The summed E-state index contributed by atoms with van der Waals surface area (Å²) in [4.78, 5) is 58.3. The van der Waals surface area contributed by atoms with Gasteiger partial charge in [-0.3, -0.25) is 24.7 Å². The SMILES string of the molecule is CN[C@](CCSC)(C(=O)O)N(C(C)=O)N1C(=O)C(C(=O)C(N)CS)N=C(c2ccccc2)c2ccccc21. The van der Waals surface area contributed by atoms with Crippen LogP contribution in [-0.4, -0.2) is 81.9 Å². The predicted octanol–water partition coefficient (Wildman–Crippen LogP) is 1.58. The van der Waals surface area contributed by atoms with Crippen molar-refractivity contribution in [3.8, 4) is 0 Å². The molecule has 0 saturated heterocycles. The minimum Gasteiger partial charge on any atom is -0.478 e. The van der Waals surface area contributed by atoms with Gasteiger partial charge in [0.2, 0.25) is 11.6 Å². The zero-order chi connectivity index (χ0) is 28.0. The minimum atomic E-state index is -2.01. The van der Waals surface area contributed by atoms with Crippen LogP contribution in [0.4, 0.5) is 5.69 Å². The first-order chi connectivity index (χ1) is 18.1. The number of carbonyl (C=O) groups excluding carboxylic acids is 3. The number of rotatable bonds is 11. The van der Waals surface area contributed by atoms with Gasteiger partial charge in [-0.1, -0.05) is 48.5 Å². The Morgan fingerprint density at radius 1 is 1.21 bits per heavy atom. The number of carboxylic acid groups (broad SMARTS) is 1. The van der Waals surface area contributed by atoms with Crippen LogP contribution in [0.1, 0.15) is 24.5 Å². The molecule has 0 radical (unpaired) electrons. The third kappa shape index (κ3) is 5.48. The van der Waals surface area contributed by atoms with Crippen molar-refractivity contribution in [2.24, 2.45) is 10.7 Å². The van der Waals surface area contributed by atoms with E-state index in [2.05, 4.69) is 22.9 Å². The number of ketones is 1. The molecule has 3 atom stereocenters. The number of hydrogen-bond donors (Lipinski definition) is 4. The molecule has 4 N–H and O–H groups in total. The van der Waals surface area contributed by atoms with Gasteiger partial charge < -0.3 is 10.8 Å². The van der Waals surface area contributed by atoms with E-state index in [0.717, 1.165) is 10.0 Å². The maximum absolute atomic E-state index is 14.2. The summed E-state index contributed by atoms with van der Waals surface area (Å²) < 4.78 is 0. The van der Waals surface area contributed by atoms with E-state index in [4.69, 9.17) is 5.73 Å². The number of Topliss-reactive ketones (excluding diaryl/α,β-unsaturated/α-hetero) is 1. The van der Waals surface area contributed by atoms with Crippen molar-refractivity contribution in [2.75, 3.05) is 29.8 Å². The number of nitrogens with two attached hydrogens (primary N) is 1. The number of hydrazine groups is 1. The van der Waals surface area contributed by atoms with E-state index in [9.17, 15) is 24.3 Å². The van der Waals surface area contributed by atoms with Crippen LogP contribution >= 0.6 is 24.4 Å². The summed E-state index contributed by atoms with van der Waals surface area (Å²) in [7, 11) is 1.41. The number of benzene rings is 2. The lowest BCUT2D eigenvalue weighted by Crippen LogP contribution is -2.71. The van der Waals surface area contributed by atoms with E-state index in [0.29, 0.717) is 22.6 Å². The average molecular weight is 558 g/mol. The largest absolute Gasteiger partial charge is 0.478 e. The van der Waals surface area contributed by atoms with Crippen molar-refractivity contribution >= 4 is 59.4 Å². The van der Waals surface area contributed by atoms with Crippen molar-refractivity contribution in [2.45, 2.75) is 31.1 Å². The zero-order valence-corrected chi connectivity index (χ0v) is 23.0. The number of thioether (sulfide) groups is 1. The number of para-hydroxylation sites is 1. The minimum absolute atomic E-state index is 0.0350. The second kappa shape index (κ2) is 12.6. The first-order valence-corrected chi connectivity index (χ1v) is 13.9. The normalized spacial score (nSPS) is 17.5. The van der Waals surface area contributed by atoms with Crippen LogP contribution in [-0.2, 0) is 19.2 Å². The van der Waals surface area contributed by atoms with Crippen molar-refractivity contribution < 1.29 is 24.3 Å². The standard InChI is InChI=1S/C26H31N5O5S2/c1-16(32)31(26(28-2,25(35)36)13-14-38-3)30-20-12-8-7-11-18(20)21(17-9-5-4-6-10-17)29-22(24(30)34)23(33)19(27)15-37/h4-12,19,22,28,37H,13-15,27H2,1-3H3,(H,35,36)/t19?,22?,26-/m0/s1. The van der Waals surface area contributed by atoms with Crippen molar-refractivity contribution in [1.82, 2.24) is 10.3 Å². The lowest BCUT2D eigenvalue weighted by atomic mass is 10.00. The van der Waals surface area contributed by atoms with E-state index in [1.807, 2.05) is 6.07 Å². The van der Waals surface area contributed by atoms with Crippen LogP contribution in [0, 0.1) is 0 Å². The Balaban J connectivity index is 2.39. The Hall–Kier alpha value is -3.19. The van der Waals surface area contributed by atoms with E-state index < -0.39 is 41.3 Å².